The number of carbonyl (C=O) groups excluding carboxylic acids is 2. The number of rotatable bonds is 7. The summed E-state index contributed by atoms with van der Waals surface area (Å²) in [7, 11) is 0. The van der Waals surface area contributed by atoms with Gasteiger partial charge in [0.05, 0.1) is 10.6 Å². The molecule has 0 unspecified atom stereocenters. The molecular formula is C25H22ClN3O2S. The van der Waals surface area contributed by atoms with Gasteiger partial charge in [-0.1, -0.05) is 41.9 Å². The summed E-state index contributed by atoms with van der Waals surface area (Å²) in [5, 5.41) is 7.14. The van der Waals surface area contributed by atoms with Crippen LogP contribution in [0.5, 0.6) is 0 Å². The topological polar surface area (TPSA) is 74.0 Å². The summed E-state index contributed by atoms with van der Waals surface area (Å²) in [5.74, 6) is -0.694. The largest absolute Gasteiger partial charge is 0.361 e. The number of halogens is 1. The molecule has 0 radical (unpaired) electrons. The van der Waals surface area contributed by atoms with Crippen LogP contribution in [0.2, 0.25) is 5.02 Å². The molecule has 0 aliphatic rings. The van der Waals surface area contributed by atoms with Crippen LogP contribution in [0.4, 0.5) is 5.69 Å². The van der Waals surface area contributed by atoms with Crippen LogP contribution in [0.1, 0.15) is 15.9 Å². The fourth-order valence-corrected chi connectivity index (χ4v) is 4.14. The molecule has 162 valence electrons. The predicted octanol–water partition coefficient (Wildman–Crippen LogP) is 5.52. The van der Waals surface area contributed by atoms with E-state index in [2.05, 4.69) is 15.6 Å². The Hall–Kier alpha value is -3.22. The summed E-state index contributed by atoms with van der Waals surface area (Å²) in [5.41, 5.74) is 2.92. The summed E-state index contributed by atoms with van der Waals surface area (Å²) in [6, 6.07) is 21.4. The SMILES string of the molecule is CSc1ccc(NC(=O)[C@H](Cc2c[nH]c3ccccc23)NC(=O)c2ccccc2Cl)cc1. The van der Waals surface area contributed by atoms with Gasteiger partial charge in [0.25, 0.3) is 5.91 Å². The molecule has 7 heteroatoms. The van der Waals surface area contributed by atoms with Crippen molar-refractivity contribution in [2.24, 2.45) is 0 Å². The number of aromatic nitrogens is 1. The third-order valence-corrected chi connectivity index (χ3v) is 6.27. The molecule has 4 aromatic rings. The first-order valence-corrected chi connectivity index (χ1v) is 11.7. The maximum atomic E-state index is 13.2. The van der Waals surface area contributed by atoms with Gasteiger partial charge in [0.2, 0.25) is 5.91 Å². The molecule has 1 aromatic heterocycles. The Bertz CT molecular complexity index is 1250. The van der Waals surface area contributed by atoms with Gasteiger partial charge < -0.3 is 15.6 Å². The first kappa shape index (κ1) is 22.0. The molecule has 2 amide bonds. The number of hydrogen-bond acceptors (Lipinski definition) is 3. The zero-order valence-electron chi connectivity index (χ0n) is 17.4. The van der Waals surface area contributed by atoms with E-state index in [1.807, 2.05) is 61.0 Å². The van der Waals surface area contributed by atoms with E-state index in [-0.39, 0.29) is 5.91 Å². The molecule has 0 saturated carbocycles. The van der Waals surface area contributed by atoms with Crippen molar-refractivity contribution in [3.05, 3.63) is 95.1 Å². The lowest BCUT2D eigenvalue weighted by atomic mass is 10.0. The van der Waals surface area contributed by atoms with Crippen LogP contribution in [-0.2, 0) is 11.2 Å². The number of para-hydroxylation sites is 1. The number of anilines is 1. The number of amides is 2. The Labute approximate surface area is 195 Å². The minimum absolute atomic E-state index is 0.299. The summed E-state index contributed by atoms with van der Waals surface area (Å²) < 4.78 is 0. The maximum Gasteiger partial charge on any atom is 0.253 e. The third kappa shape index (κ3) is 4.98. The lowest BCUT2D eigenvalue weighted by Gasteiger charge is -2.19. The molecule has 0 fully saturated rings. The van der Waals surface area contributed by atoms with Gasteiger partial charge in [0.15, 0.2) is 0 Å². The number of hydrogen-bond donors (Lipinski definition) is 3. The third-order valence-electron chi connectivity index (χ3n) is 5.20. The van der Waals surface area contributed by atoms with E-state index in [1.165, 1.54) is 0 Å². The van der Waals surface area contributed by atoms with Gasteiger partial charge in [-0.15, -0.1) is 11.8 Å². The molecular weight excluding hydrogens is 442 g/mol. The van der Waals surface area contributed by atoms with Crippen LogP contribution in [0.25, 0.3) is 10.9 Å². The normalized spacial score (nSPS) is 11.8. The molecule has 0 aliphatic heterocycles. The van der Waals surface area contributed by atoms with E-state index in [4.69, 9.17) is 11.6 Å². The van der Waals surface area contributed by atoms with E-state index in [0.29, 0.717) is 22.7 Å². The molecule has 3 N–H and O–H groups in total. The van der Waals surface area contributed by atoms with E-state index in [0.717, 1.165) is 21.4 Å². The molecule has 0 aliphatic carbocycles. The van der Waals surface area contributed by atoms with E-state index in [9.17, 15) is 9.59 Å². The van der Waals surface area contributed by atoms with Crippen molar-refractivity contribution in [1.82, 2.24) is 10.3 Å². The number of benzene rings is 3. The molecule has 0 saturated heterocycles. The molecule has 5 nitrogen and oxygen atoms in total. The van der Waals surface area contributed by atoms with Gasteiger partial charge in [-0.05, 0) is 54.3 Å². The van der Waals surface area contributed by atoms with E-state index >= 15 is 0 Å². The van der Waals surface area contributed by atoms with E-state index < -0.39 is 11.9 Å². The Balaban J connectivity index is 1.59. The van der Waals surface area contributed by atoms with Crippen molar-refractivity contribution in [3.8, 4) is 0 Å². The summed E-state index contributed by atoms with van der Waals surface area (Å²) in [6.07, 6.45) is 4.20. The van der Waals surface area contributed by atoms with Crippen molar-refractivity contribution in [3.63, 3.8) is 0 Å². The van der Waals surface area contributed by atoms with Crippen LogP contribution in [0.3, 0.4) is 0 Å². The zero-order valence-corrected chi connectivity index (χ0v) is 19.0. The number of thioether (sulfide) groups is 1. The first-order chi connectivity index (χ1) is 15.5. The average molecular weight is 464 g/mol. The van der Waals surface area contributed by atoms with Crippen molar-refractivity contribution < 1.29 is 9.59 Å². The van der Waals surface area contributed by atoms with E-state index in [1.54, 1.807) is 36.0 Å². The zero-order chi connectivity index (χ0) is 22.5. The lowest BCUT2D eigenvalue weighted by molar-refractivity contribution is -0.118. The highest BCUT2D eigenvalue weighted by Crippen LogP contribution is 2.21. The van der Waals surface area contributed by atoms with Crippen LogP contribution < -0.4 is 10.6 Å². The smallest absolute Gasteiger partial charge is 0.253 e. The number of carbonyl (C=O) groups is 2. The van der Waals surface area contributed by atoms with Gasteiger partial charge >= 0.3 is 0 Å². The highest BCUT2D eigenvalue weighted by Gasteiger charge is 2.24. The number of nitrogens with one attached hydrogen (secondary N) is 3. The molecule has 4 rings (SSSR count). The molecule has 1 atom stereocenters. The van der Waals surface area contributed by atoms with Gasteiger partial charge in [-0.3, -0.25) is 9.59 Å². The minimum Gasteiger partial charge on any atom is -0.361 e. The number of H-pyrrole nitrogens is 1. The standard InChI is InChI=1S/C25H22ClN3O2S/c1-32-18-12-10-17(11-13-18)28-25(31)23(29-24(30)20-7-2-4-8-21(20)26)14-16-15-27-22-9-5-3-6-19(16)22/h2-13,15,23,27H,14H2,1H3,(H,28,31)(H,29,30)/t23-/m0/s1. The van der Waals surface area contributed by atoms with Crippen molar-refractivity contribution in [2.45, 2.75) is 17.4 Å². The minimum atomic E-state index is -0.793. The van der Waals surface area contributed by atoms with Crippen LogP contribution in [-0.4, -0.2) is 29.1 Å². The van der Waals surface area contributed by atoms with Crippen molar-refractivity contribution in [2.75, 3.05) is 11.6 Å². The second-order valence-corrected chi connectivity index (χ2v) is 8.57. The van der Waals surface area contributed by atoms with Gasteiger partial charge in [0, 0.05) is 34.1 Å². The van der Waals surface area contributed by atoms with Crippen LogP contribution in [0.15, 0.2) is 83.9 Å². The summed E-state index contributed by atoms with van der Waals surface area (Å²) in [6.45, 7) is 0. The molecule has 32 heavy (non-hydrogen) atoms. The molecule has 0 bridgehead atoms. The lowest BCUT2D eigenvalue weighted by Crippen LogP contribution is -2.45. The quantitative estimate of drug-likeness (QED) is 0.316. The first-order valence-electron chi connectivity index (χ1n) is 10.1. The Morgan fingerprint density at radius 2 is 1.72 bits per heavy atom. The number of aromatic amines is 1. The van der Waals surface area contributed by atoms with Gasteiger partial charge in [-0.2, -0.15) is 0 Å². The van der Waals surface area contributed by atoms with Crippen LogP contribution in [0, 0.1) is 0 Å². The Morgan fingerprint density at radius 1 is 1.00 bits per heavy atom. The fourth-order valence-electron chi connectivity index (χ4n) is 3.51. The van der Waals surface area contributed by atoms with Gasteiger partial charge in [0.1, 0.15) is 6.04 Å². The highest BCUT2D eigenvalue weighted by atomic mass is 35.5. The fraction of sp³-hybridized carbons (Fsp3) is 0.120. The van der Waals surface area contributed by atoms with Crippen molar-refractivity contribution >= 4 is 51.8 Å². The monoisotopic (exact) mass is 463 g/mol. The Morgan fingerprint density at radius 3 is 2.47 bits per heavy atom. The highest BCUT2D eigenvalue weighted by molar-refractivity contribution is 7.98. The molecule has 3 aromatic carbocycles. The molecule has 0 spiro atoms. The Kier molecular flexibility index (Phi) is 6.83. The van der Waals surface area contributed by atoms with Gasteiger partial charge in [-0.25, -0.2) is 0 Å². The molecule has 1 heterocycles. The second kappa shape index (κ2) is 9.94. The average Bonchev–Trinajstić information content (AvgIpc) is 3.22. The predicted molar refractivity (Wildman–Crippen MR) is 132 cm³/mol. The maximum absolute atomic E-state index is 13.2. The van der Waals surface area contributed by atoms with Crippen LogP contribution >= 0.6 is 23.4 Å². The summed E-state index contributed by atoms with van der Waals surface area (Å²) >= 11 is 7.82. The van der Waals surface area contributed by atoms with Crippen molar-refractivity contribution in [1.29, 1.82) is 0 Å². The summed E-state index contributed by atoms with van der Waals surface area (Å²) in [4.78, 5) is 30.5. The second-order valence-electron chi connectivity index (χ2n) is 7.29. The number of fused-ring (bicyclic) bond motifs is 1.